The lowest BCUT2D eigenvalue weighted by molar-refractivity contribution is -0.136. The van der Waals surface area contributed by atoms with Gasteiger partial charge in [-0.3, -0.25) is 14.5 Å². The molecule has 7 nitrogen and oxygen atoms in total. The van der Waals surface area contributed by atoms with Crippen molar-refractivity contribution in [3.63, 3.8) is 0 Å². The van der Waals surface area contributed by atoms with Crippen LogP contribution < -0.4 is 15.5 Å². The van der Waals surface area contributed by atoms with Gasteiger partial charge < -0.3 is 20.3 Å². The van der Waals surface area contributed by atoms with Gasteiger partial charge in [-0.05, 0) is 24.3 Å². The molecule has 2 amide bonds. The molecule has 1 aromatic carbocycles. The number of hydrogen-bond acceptors (Lipinski definition) is 5. The van der Waals surface area contributed by atoms with Crippen molar-refractivity contribution in [2.75, 3.05) is 63.7 Å². The van der Waals surface area contributed by atoms with Crippen molar-refractivity contribution in [2.45, 2.75) is 0 Å². The van der Waals surface area contributed by atoms with E-state index in [2.05, 4.69) is 15.5 Å². The minimum absolute atomic E-state index is 0.450. The van der Waals surface area contributed by atoms with Crippen LogP contribution in [0.15, 0.2) is 24.3 Å². The van der Waals surface area contributed by atoms with Crippen molar-refractivity contribution in [1.82, 2.24) is 10.2 Å². The van der Waals surface area contributed by atoms with Crippen LogP contribution in [0.25, 0.3) is 0 Å². The highest BCUT2D eigenvalue weighted by molar-refractivity contribution is 6.39. The molecule has 0 unspecified atom stereocenters. The summed E-state index contributed by atoms with van der Waals surface area (Å²) >= 11 is 0. The monoisotopic (exact) mass is 320 g/mol. The van der Waals surface area contributed by atoms with E-state index in [1.807, 2.05) is 31.1 Å². The number of nitrogens with zero attached hydrogens (tertiary/aromatic N) is 2. The molecule has 1 aliphatic heterocycles. The highest BCUT2D eigenvalue weighted by Gasteiger charge is 2.15. The van der Waals surface area contributed by atoms with E-state index < -0.39 is 11.8 Å². The fraction of sp³-hybridized carbons (Fsp3) is 0.500. The van der Waals surface area contributed by atoms with Crippen LogP contribution in [0.2, 0.25) is 0 Å². The predicted octanol–water partition coefficient (Wildman–Crippen LogP) is 0.140. The van der Waals surface area contributed by atoms with Crippen LogP contribution in [0.5, 0.6) is 0 Å². The Labute approximate surface area is 136 Å². The first-order valence-electron chi connectivity index (χ1n) is 7.73. The topological polar surface area (TPSA) is 73.9 Å². The number of ether oxygens (including phenoxy) is 1. The first-order valence-corrected chi connectivity index (χ1v) is 7.73. The van der Waals surface area contributed by atoms with Gasteiger partial charge in [0.1, 0.15) is 0 Å². The molecule has 0 radical (unpaired) electrons. The molecule has 7 heteroatoms. The third-order valence-corrected chi connectivity index (χ3v) is 3.67. The lowest BCUT2D eigenvalue weighted by Gasteiger charge is -2.26. The lowest BCUT2D eigenvalue weighted by Crippen LogP contribution is -2.43. The maximum atomic E-state index is 11.8. The van der Waals surface area contributed by atoms with Crippen molar-refractivity contribution in [3.05, 3.63) is 24.3 Å². The third-order valence-electron chi connectivity index (χ3n) is 3.67. The molecule has 1 saturated heterocycles. The average molecular weight is 320 g/mol. The second kappa shape index (κ2) is 8.50. The van der Waals surface area contributed by atoms with E-state index in [-0.39, 0.29) is 0 Å². The summed E-state index contributed by atoms with van der Waals surface area (Å²) in [5.41, 5.74) is 1.63. The molecular formula is C16H24N4O3. The average Bonchev–Trinajstić information content (AvgIpc) is 2.56. The fourth-order valence-electron chi connectivity index (χ4n) is 2.26. The Balaban J connectivity index is 1.72. The fourth-order valence-corrected chi connectivity index (χ4v) is 2.26. The Bertz CT molecular complexity index is 525. The number of rotatable bonds is 5. The van der Waals surface area contributed by atoms with Crippen molar-refractivity contribution in [3.8, 4) is 0 Å². The number of hydrogen-bond donors (Lipinski definition) is 2. The molecule has 0 aliphatic carbocycles. The van der Waals surface area contributed by atoms with Gasteiger partial charge in [0.05, 0.1) is 13.2 Å². The van der Waals surface area contributed by atoms with Crippen LogP contribution >= 0.6 is 0 Å². The summed E-state index contributed by atoms with van der Waals surface area (Å²) < 4.78 is 5.26. The molecule has 0 atom stereocenters. The van der Waals surface area contributed by atoms with Gasteiger partial charge in [-0.2, -0.15) is 0 Å². The number of carbonyl (C=O) groups is 2. The number of amides is 2. The van der Waals surface area contributed by atoms with Crippen molar-refractivity contribution >= 4 is 23.2 Å². The van der Waals surface area contributed by atoms with E-state index >= 15 is 0 Å². The standard InChI is InChI=1S/C16H24N4O3/c1-19(2)14-5-3-13(4-6-14)18-16(22)15(21)17-7-8-20-9-11-23-12-10-20/h3-6H,7-12H2,1-2H3,(H,17,21)(H,18,22). The quantitative estimate of drug-likeness (QED) is 0.755. The number of morpholine rings is 1. The second-order valence-corrected chi connectivity index (χ2v) is 5.61. The highest BCUT2D eigenvalue weighted by Crippen LogP contribution is 2.15. The lowest BCUT2D eigenvalue weighted by atomic mass is 10.2. The number of anilines is 2. The Morgan fingerprint density at radius 1 is 1.13 bits per heavy atom. The first-order chi connectivity index (χ1) is 11.1. The predicted molar refractivity (Wildman–Crippen MR) is 89.7 cm³/mol. The molecule has 2 rings (SSSR count). The first kappa shape index (κ1) is 17.2. The molecule has 1 heterocycles. The maximum absolute atomic E-state index is 11.8. The van der Waals surface area contributed by atoms with Gasteiger partial charge in [0.2, 0.25) is 0 Å². The van der Waals surface area contributed by atoms with E-state index in [1.165, 1.54) is 0 Å². The largest absolute Gasteiger partial charge is 0.379 e. The smallest absolute Gasteiger partial charge is 0.313 e. The molecule has 126 valence electrons. The summed E-state index contributed by atoms with van der Waals surface area (Å²) in [6.07, 6.45) is 0. The Morgan fingerprint density at radius 3 is 2.39 bits per heavy atom. The zero-order valence-corrected chi connectivity index (χ0v) is 13.7. The Morgan fingerprint density at radius 2 is 1.78 bits per heavy atom. The maximum Gasteiger partial charge on any atom is 0.313 e. The number of nitrogens with one attached hydrogen (secondary N) is 2. The van der Waals surface area contributed by atoms with Crippen molar-refractivity contribution < 1.29 is 14.3 Å². The van der Waals surface area contributed by atoms with E-state index in [9.17, 15) is 9.59 Å². The molecular weight excluding hydrogens is 296 g/mol. The minimum Gasteiger partial charge on any atom is -0.379 e. The molecule has 0 saturated carbocycles. The van der Waals surface area contributed by atoms with Crippen LogP contribution in [-0.4, -0.2) is 70.2 Å². The molecule has 2 N–H and O–H groups in total. The molecule has 0 spiro atoms. The van der Waals surface area contributed by atoms with Crippen LogP contribution in [0.4, 0.5) is 11.4 Å². The SMILES string of the molecule is CN(C)c1ccc(NC(=O)C(=O)NCCN2CCOCC2)cc1. The van der Waals surface area contributed by atoms with Gasteiger partial charge in [0.15, 0.2) is 0 Å². The van der Waals surface area contributed by atoms with Crippen LogP contribution in [-0.2, 0) is 14.3 Å². The number of carbonyl (C=O) groups excluding carboxylic acids is 2. The summed E-state index contributed by atoms with van der Waals surface area (Å²) in [5.74, 6) is -1.26. The van der Waals surface area contributed by atoms with Gasteiger partial charge in [-0.1, -0.05) is 0 Å². The normalized spacial score (nSPS) is 15.0. The van der Waals surface area contributed by atoms with E-state index in [0.29, 0.717) is 12.2 Å². The van der Waals surface area contributed by atoms with Crippen LogP contribution in [0.1, 0.15) is 0 Å². The third kappa shape index (κ3) is 5.54. The molecule has 0 aromatic heterocycles. The zero-order valence-electron chi connectivity index (χ0n) is 13.7. The van der Waals surface area contributed by atoms with Crippen LogP contribution in [0, 0.1) is 0 Å². The summed E-state index contributed by atoms with van der Waals surface area (Å²) in [6, 6.07) is 7.31. The molecule has 1 fully saturated rings. The second-order valence-electron chi connectivity index (χ2n) is 5.61. The minimum atomic E-state index is -0.649. The summed E-state index contributed by atoms with van der Waals surface area (Å²) in [7, 11) is 3.88. The summed E-state index contributed by atoms with van der Waals surface area (Å²) in [4.78, 5) is 27.8. The van der Waals surface area contributed by atoms with Gasteiger partial charge >= 0.3 is 11.8 Å². The van der Waals surface area contributed by atoms with Crippen LogP contribution in [0.3, 0.4) is 0 Å². The highest BCUT2D eigenvalue weighted by atomic mass is 16.5. The van der Waals surface area contributed by atoms with Crippen molar-refractivity contribution in [2.24, 2.45) is 0 Å². The van der Waals surface area contributed by atoms with Crippen molar-refractivity contribution in [1.29, 1.82) is 0 Å². The van der Waals surface area contributed by atoms with Gasteiger partial charge in [0, 0.05) is 51.6 Å². The molecule has 23 heavy (non-hydrogen) atoms. The Kier molecular flexibility index (Phi) is 6.37. The summed E-state index contributed by atoms with van der Waals surface area (Å²) in [6.45, 7) is 4.33. The Hall–Kier alpha value is -2.12. The van der Waals surface area contributed by atoms with E-state index in [1.54, 1.807) is 12.1 Å². The number of benzene rings is 1. The van der Waals surface area contributed by atoms with E-state index in [4.69, 9.17) is 4.74 Å². The van der Waals surface area contributed by atoms with Gasteiger partial charge in [-0.25, -0.2) is 0 Å². The van der Waals surface area contributed by atoms with Gasteiger partial charge in [0.25, 0.3) is 0 Å². The molecule has 1 aliphatic rings. The van der Waals surface area contributed by atoms with Gasteiger partial charge in [-0.15, -0.1) is 0 Å². The van der Waals surface area contributed by atoms with E-state index in [0.717, 1.165) is 38.5 Å². The zero-order chi connectivity index (χ0) is 16.7. The molecule has 0 bridgehead atoms. The summed E-state index contributed by atoms with van der Waals surface area (Å²) in [5, 5.41) is 5.23. The molecule has 1 aromatic rings.